The molecule has 5 heteroatoms. The van der Waals surface area contributed by atoms with E-state index in [1.807, 2.05) is 0 Å². The quantitative estimate of drug-likeness (QED) is 0.732. The lowest BCUT2D eigenvalue weighted by molar-refractivity contribution is 0.0699. The molecule has 2 aromatic rings. The summed E-state index contributed by atoms with van der Waals surface area (Å²) in [6.07, 6.45) is 6.94. The summed E-state index contributed by atoms with van der Waals surface area (Å²) in [4.78, 5) is 25.8. The molecule has 0 amide bonds. The molecule has 1 heterocycles. The number of aromatic amines is 1. The summed E-state index contributed by atoms with van der Waals surface area (Å²) in [6.45, 7) is 2.82. The fourth-order valence-corrected chi connectivity index (χ4v) is 2.63. The van der Waals surface area contributed by atoms with Crippen LogP contribution in [0.3, 0.4) is 0 Å². The Kier molecular flexibility index (Phi) is 5.20. The van der Waals surface area contributed by atoms with Gasteiger partial charge in [-0.25, -0.2) is 9.59 Å². The van der Waals surface area contributed by atoms with E-state index in [4.69, 9.17) is 5.11 Å². The van der Waals surface area contributed by atoms with Crippen LogP contribution in [-0.2, 0) is 6.54 Å². The Hall–Kier alpha value is -2.04. The number of fused-ring (bicyclic) bond motifs is 1. The Morgan fingerprint density at radius 2 is 1.90 bits per heavy atom. The van der Waals surface area contributed by atoms with Gasteiger partial charge in [-0.15, -0.1) is 0 Å². The first-order chi connectivity index (χ1) is 10.1. The Morgan fingerprint density at radius 1 is 1.19 bits per heavy atom. The maximum atomic E-state index is 12.0. The number of H-pyrrole nitrogens is 1. The van der Waals surface area contributed by atoms with Crippen LogP contribution in [0.4, 0.5) is 0 Å². The number of unbranched alkanes of at least 4 members (excludes halogenated alkanes) is 5. The van der Waals surface area contributed by atoms with Crippen molar-refractivity contribution in [2.45, 2.75) is 52.0 Å². The lowest BCUT2D eigenvalue weighted by Crippen LogP contribution is -2.16. The second kappa shape index (κ2) is 7.11. The number of nitrogens with zero attached hydrogens (tertiary/aromatic N) is 1. The van der Waals surface area contributed by atoms with Gasteiger partial charge in [0.05, 0.1) is 16.6 Å². The molecular weight excluding hydrogens is 268 g/mol. The normalized spacial score (nSPS) is 11.1. The highest BCUT2D eigenvalue weighted by Crippen LogP contribution is 2.16. The van der Waals surface area contributed by atoms with Gasteiger partial charge in [0.2, 0.25) is 0 Å². The van der Waals surface area contributed by atoms with Crippen molar-refractivity contribution in [2.24, 2.45) is 0 Å². The molecule has 0 aliphatic carbocycles. The van der Waals surface area contributed by atoms with Crippen molar-refractivity contribution in [3.8, 4) is 0 Å². The monoisotopic (exact) mass is 290 g/mol. The second-order valence-electron chi connectivity index (χ2n) is 5.35. The number of hydrogen-bond donors (Lipinski definition) is 2. The van der Waals surface area contributed by atoms with Crippen molar-refractivity contribution < 1.29 is 9.90 Å². The van der Waals surface area contributed by atoms with E-state index in [1.54, 1.807) is 16.7 Å². The highest BCUT2D eigenvalue weighted by molar-refractivity contribution is 6.00. The summed E-state index contributed by atoms with van der Waals surface area (Å²) in [6, 6.07) is 4.98. The summed E-state index contributed by atoms with van der Waals surface area (Å²) in [5.74, 6) is -1.02. The average molecular weight is 290 g/mol. The smallest absolute Gasteiger partial charge is 0.337 e. The number of rotatable bonds is 8. The molecule has 5 nitrogen and oxygen atoms in total. The Balaban J connectivity index is 2.10. The number of hydrogen-bond acceptors (Lipinski definition) is 2. The number of benzene rings is 1. The number of carbonyl (C=O) groups is 1. The molecule has 0 aliphatic rings. The summed E-state index contributed by atoms with van der Waals surface area (Å²) >= 11 is 0. The van der Waals surface area contributed by atoms with Crippen molar-refractivity contribution in [1.29, 1.82) is 0 Å². The predicted octanol–water partition coefficient (Wildman–Crippen LogP) is 3.39. The SMILES string of the molecule is CCCCCCCCn1c(=O)[nH]c2c(C(=O)O)cccc21. The molecule has 0 unspecified atom stereocenters. The largest absolute Gasteiger partial charge is 0.478 e. The van der Waals surface area contributed by atoms with Crippen LogP contribution in [0.1, 0.15) is 55.8 Å². The van der Waals surface area contributed by atoms with Crippen molar-refractivity contribution >= 4 is 17.0 Å². The number of aromatic nitrogens is 2. The van der Waals surface area contributed by atoms with Crippen LogP contribution in [0.5, 0.6) is 0 Å². The number of imidazole rings is 1. The van der Waals surface area contributed by atoms with Crippen LogP contribution in [0.25, 0.3) is 11.0 Å². The number of carboxylic acids is 1. The van der Waals surface area contributed by atoms with Gasteiger partial charge in [-0.05, 0) is 18.6 Å². The van der Waals surface area contributed by atoms with Crippen LogP contribution in [0.15, 0.2) is 23.0 Å². The fraction of sp³-hybridized carbons (Fsp3) is 0.500. The third kappa shape index (κ3) is 3.54. The van der Waals surface area contributed by atoms with E-state index < -0.39 is 5.97 Å². The first-order valence-corrected chi connectivity index (χ1v) is 7.60. The van der Waals surface area contributed by atoms with Crippen molar-refractivity contribution in [1.82, 2.24) is 9.55 Å². The third-order valence-corrected chi connectivity index (χ3v) is 3.78. The summed E-state index contributed by atoms with van der Waals surface area (Å²) in [7, 11) is 0. The van der Waals surface area contributed by atoms with E-state index in [1.165, 1.54) is 31.7 Å². The van der Waals surface area contributed by atoms with Crippen LogP contribution < -0.4 is 5.69 Å². The van der Waals surface area contributed by atoms with Gasteiger partial charge in [0.25, 0.3) is 0 Å². The molecule has 1 aromatic heterocycles. The van der Waals surface area contributed by atoms with E-state index in [9.17, 15) is 9.59 Å². The molecule has 2 N–H and O–H groups in total. The van der Waals surface area contributed by atoms with E-state index >= 15 is 0 Å². The lowest BCUT2D eigenvalue weighted by atomic mass is 10.1. The van der Waals surface area contributed by atoms with Crippen LogP contribution >= 0.6 is 0 Å². The molecule has 21 heavy (non-hydrogen) atoms. The predicted molar refractivity (Wildman–Crippen MR) is 82.9 cm³/mol. The number of nitrogens with one attached hydrogen (secondary N) is 1. The molecule has 0 saturated carbocycles. The molecule has 0 bridgehead atoms. The minimum atomic E-state index is -1.02. The summed E-state index contributed by atoms with van der Waals surface area (Å²) in [5, 5.41) is 9.15. The topological polar surface area (TPSA) is 75.1 Å². The van der Waals surface area contributed by atoms with Gasteiger partial charge in [0, 0.05) is 6.54 Å². The molecule has 0 aliphatic heterocycles. The van der Waals surface area contributed by atoms with Crippen LogP contribution in [-0.4, -0.2) is 20.6 Å². The van der Waals surface area contributed by atoms with E-state index in [-0.39, 0.29) is 11.3 Å². The zero-order valence-corrected chi connectivity index (χ0v) is 12.4. The zero-order valence-electron chi connectivity index (χ0n) is 12.4. The van der Waals surface area contributed by atoms with Crippen LogP contribution in [0, 0.1) is 0 Å². The molecule has 0 atom stereocenters. The first-order valence-electron chi connectivity index (χ1n) is 7.60. The van der Waals surface area contributed by atoms with Gasteiger partial charge < -0.3 is 10.1 Å². The van der Waals surface area contributed by atoms with Crippen molar-refractivity contribution in [2.75, 3.05) is 0 Å². The Bertz CT molecular complexity index is 670. The van der Waals surface area contributed by atoms with Gasteiger partial charge in [0.1, 0.15) is 0 Å². The van der Waals surface area contributed by atoms with Gasteiger partial charge >= 0.3 is 11.7 Å². The number of carboxylic acid groups (broad SMARTS) is 1. The minimum Gasteiger partial charge on any atom is -0.478 e. The third-order valence-electron chi connectivity index (χ3n) is 3.78. The number of aromatic carboxylic acids is 1. The van der Waals surface area contributed by atoms with Gasteiger partial charge in [0.15, 0.2) is 0 Å². The van der Waals surface area contributed by atoms with Crippen molar-refractivity contribution in [3.63, 3.8) is 0 Å². The van der Waals surface area contributed by atoms with E-state index in [0.717, 1.165) is 12.8 Å². The summed E-state index contributed by atoms with van der Waals surface area (Å²) in [5.41, 5.74) is 1.01. The van der Waals surface area contributed by atoms with Gasteiger partial charge in [-0.3, -0.25) is 4.57 Å². The van der Waals surface area contributed by atoms with E-state index in [0.29, 0.717) is 17.6 Å². The van der Waals surface area contributed by atoms with Gasteiger partial charge in [-0.1, -0.05) is 45.1 Å². The molecule has 0 spiro atoms. The van der Waals surface area contributed by atoms with Crippen molar-refractivity contribution in [3.05, 3.63) is 34.2 Å². The molecule has 0 saturated heterocycles. The average Bonchev–Trinajstić information content (AvgIpc) is 2.78. The zero-order chi connectivity index (χ0) is 15.2. The molecule has 1 aromatic carbocycles. The maximum Gasteiger partial charge on any atom is 0.337 e. The van der Waals surface area contributed by atoms with E-state index in [2.05, 4.69) is 11.9 Å². The Morgan fingerprint density at radius 3 is 2.62 bits per heavy atom. The first kappa shape index (κ1) is 15.4. The number of aryl methyl sites for hydroxylation is 1. The van der Waals surface area contributed by atoms with Gasteiger partial charge in [-0.2, -0.15) is 0 Å². The minimum absolute atomic E-state index is 0.145. The second-order valence-corrected chi connectivity index (χ2v) is 5.35. The maximum absolute atomic E-state index is 12.0. The van der Waals surface area contributed by atoms with Crippen LogP contribution in [0.2, 0.25) is 0 Å². The molecule has 2 rings (SSSR count). The highest BCUT2D eigenvalue weighted by atomic mass is 16.4. The molecular formula is C16H22N2O3. The summed E-state index contributed by atoms with van der Waals surface area (Å²) < 4.78 is 1.64. The Labute approximate surface area is 123 Å². The number of para-hydroxylation sites is 1. The molecule has 0 radical (unpaired) electrons. The molecule has 114 valence electrons. The lowest BCUT2D eigenvalue weighted by Gasteiger charge is -2.04. The fourth-order valence-electron chi connectivity index (χ4n) is 2.63. The standard InChI is InChI=1S/C16H22N2O3/c1-2-3-4-5-6-7-11-18-13-10-8-9-12(15(19)20)14(13)17-16(18)21/h8-10H,2-7,11H2,1H3,(H,17,21)(H,19,20). The highest BCUT2D eigenvalue weighted by Gasteiger charge is 2.13. The molecule has 0 fully saturated rings.